The summed E-state index contributed by atoms with van der Waals surface area (Å²) in [6.07, 6.45) is -4.67. The molecule has 1 amide bonds. The summed E-state index contributed by atoms with van der Waals surface area (Å²) < 4.78 is 37.4. The highest BCUT2D eigenvalue weighted by Gasteiger charge is 2.33. The van der Waals surface area contributed by atoms with Crippen molar-refractivity contribution in [3.63, 3.8) is 0 Å². The number of rotatable bonds is 2. The quantitative estimate of drug-likeness (QED) is 0.814. The standard InChI is InChI=1S/C10H9F3N2O2/c1-5(16)7-3-8(10(11,12)13)15-9(4-7)14-6(2)17/h3-4H,1-2H3,(H,14,15,17). The minimum atomic E-state index is -4.67. The second-order valence-corrected chi connectivity index (χ2v) is 3.36. The van der Waals surface area contributed by atoms with Crippen molar-refractivity contribution < 1.29 is 22.8 Å². The van der Waals surface area contributed by atoms with Crippen LogP contribution in [0, 0.1) is 0 Å². The maximum Gasteiger partial charge on any atom is 0.433 e. The van der Waals surface area contributed by atoms with Crippen LogP contribution < -0.4 is 5.32 Å². The van der Waals surface area contributed by atoms with E-state index in [1.165, 1.54) is 0 Å². The van der Waals surface area contributed by atoms with Crippen molar-refractivity contribution in [3.8, 4) is 0 Å². The minimum Gasteiger partial charge on any atom is -0.311 e. The Hall–Kier alpha value is -1.92. The predicted molar refractivity (Wildman–Crippen MR) is 53.5 cm³/mol. The first-order valence-electron chi connectivity index (χ1n) is 4.58. The Bertz CT molecular complexity index is 469. The van der Waals surface area contributed by atoms with Crippen LogP contribution in [0.15, 0.2) is 12.1 Å². The fourth-order valence-corrected chi connectivity index (χ4v) is 1.12. The second-order valence-electron chi connectivity index (χ2n) is 3.36. The molecule has 1 rings (SSSR count). The third-order valence-corrected chi connectivity index (χ3v) is 1.83. The molecular weight excluding hydrogens is 237 g/mol. The average molecular weight is 246 g/mol. The summed E-state index contributed by atoms with van der Waals surface area (Å²) in [6, 6.07) is 1.74. The van der Waals surface area contributed by atoms with Crippen molar-refractivity contribution in [3.05, 3.63) is 23.4 Å². The third kappa shape index (κ3) is 3.54. The van der Waals surface area contributed by atoms with Gasteiger partial charge in [-0.25, -0.2) is 4.98 Å². The SMILES string of the molecule is CC(=O)Nc1cc(C(C)=O)cc(C(F)(F)F)n1. The van der Waals surface area contributed by atoms with E-state index in [1.54, 1.807) is 0 Å². The van der Waals surface area contributed by atoms with Crippen LogP contribution in [0.4, 0.5) is 19.0 Å². The van der Waals surface area contributed by atoms with Crippen molar-refractivity contribution in [1.29, 1.82) is 0 Å². The first kappa shape index (κ1) is 13.1. The number of Topliss-reactive ketones (excluding diaryl/α,β-unsaturated/α-hetero) is 1. The molecule has 1 aromatic rings. The molecule has 0 fully saturated rings. The van der Waals surface area contributed by atoms with E-state index in [0.717, 1.165) is 19.9 Å². The third-order valence-electron chi connectivity index (χ3n) is 1.83. The van der Waals surface area contributed by atoms with Gasteiger partial charge in [-0.15, -0.1) is 0 Å². The van der Waals surface area contributed by atoms with Crippen LogP contribution >= 0.6 is 0 Å². The lowest BCUT2D eigenvalue weighted by molar-refractivity contribution is -0.141. The smallest absolute Gasteiger partial charge is 0.311 e. The van der Waals surface area contributed by atoms with E-state index >= 15 is 0 Å². The molecule has 0 aliphatic carbocycles. The molecule has 17 heavy (non-hydrogen) atoms. The molecule has 1 heterocycles. The monoisotopic (exact) mass is 246 g/mol. The van der Waals surface area contributed by atoms with Gasteiger partial charge in [-0.05, 0) is 19.1 Å². The molecule has 0 aliphatic heterocycles. The number of carbonyl (C=O) groups is 2. The second kappa shape index (κ2) is 4.52. The van der Waals surface area contributed by atoms with Crippen LogP contribution in [0.1, 0.15) is 29.9 Å². The molecule has 0 aromatic carbocycles. The first-order valence-corrected chi connectivity index (χ1v) is 4.58. The zero-order valence-electron chi connectivity index (χ0n) is 9.05. The Morgan fingerprint density at radius 2 is 1.82 bits per heavy atom. The van der Waals surface area contributed by atoms with E-state index in [1.807, 2.05) is 0 Å². The fourth-order valence-electron chi connectivity index (χ4n) is 1.12. The molecule has 1 N–H and O–H groups in total. The number of alkyl halides is 3. The summed E-state index contributed by atoms with van der Waals surface area (Å²) in [4.78, 5) is 25.0. The van der Waals surface area contributed by atoms with Gasteiger partial charge in [0.25, 0.3) is 0 Å². The van der Waals surface area contributed by atoms with Crippen molar-refractivity contribution in [2.45, 2.75) is 20.0 Å². The van der Waals surface area contributed by atoms with Crippen LogP contribution in [0.3, 0.4) is 0 Å². The van der Waals surface area contributed by atoms with Gasteiger partial charge in [0.05, 0.1) is 0 Å². The Balaban J connectivity index is 3.28. The molecule has 0 aliphatic rings. The zero-order chi connectivity index (χ0) is 13.2. The topological polar surface area (TPSA) is 59.1 Å². The van der Waals surface area contributed by atoms with Gasteiger partial charge in [0.2, 0.25) is 5.91 Å². The average Bonchev–Trinajstić information content (AvgIpc) is 2.14. The molecule has 0 saturated heterocycles. The highest BCUT2D eigenvalue weighted by atomic mass is 19.4. The van der Waals surface area contributed by atoms with Gasteiger partial charge in [-0.1, -0.05) is 0 Å². The molecular formula is C10H9F3N2O2. The number of nitrogens with one attached hydrogen (secondary N) is 1. The maximum absolute atomic E-state index is 12.5. The highest BCUT2D eigenvalue weighted by Crippen LogP contribution is 2.29. The Kier molecular flexibility index (Phi) is 3.50. The molecule has 7 heteroatoms. The molecule has 0 radical (unpaired) electrons. The number of pyridine rings is 1. The first-order chi connectivity index (χ1) is 7.70. The van der Waals surface area contributed by atoms with Crippen molar-refractivity contribution in [2.75, 3.05) is 5.32 Å². The number of halogens is 3. The molecule has 0 spiro atoms. The van der Waals surface area contributed by atoms with Gasteiger partial charge in [0, 0.05) is 12.5 Å². The molecule has 1 aromatic heterocycles. The molecule has 0 saturated carbocycles. The summed E-state index contributed by atoms with van der Waals surface area (Å²) in [6.45, 7) is 2.27. The number of hydrogen-bond donors (Lipinski definition) is 1. The number of ketones is 1. The van der Waals surface area contributed by atoms with E-state index < -0.39 is 23.6 Å². The van der Waals surface area contributed by atoms with E-state index in [2.05, 4.69) is 10.3 Å². The summed E-state index contributed by atoms with van der Waals surface area (Å²) in [5, 5.41) is 2.11. The van der Waals surface area contributed by atoms with E-state index in [4.69, 9.17) is 0 Å². The Morgan fingerprint density at radius 3 is 2.24 bits per heavy atom. The maximum atomic E-state index is 12.5. The normalized spacial score (nSPS) is 11.1. The number of aromatic nitrogens is 1. The van der Waals surface area contributed by atoms with E-state index in [0.29, 0.717) is 6.07 Å². The van der Waals surface area contributed by atoms with Gasteiger partial charge in [-0.3, -0.25) is 9.59 Å². The van der Waals surface area contributed by atoms with E-state index in [-0.39, 0.29) is 11.4 Å². The minimum absolute atomic E-state index is 0.156. The van der Waals surface area contributed by atoms with Crippen molar-refractivity contribution >= 4 is 17.5 Å². The van der Waals surface area contributed by atoms with Gasteiger partial charge < -0.3 is 5.32 Å². The Morgan fingerprint density at radius 1 is 1.24 bits per heavy atom. The predicted octanol–water partition coefficient (Wildman–Crippen LogP) is 2.26. The van der Waals surface area contributed by atoms with Crippen molar-refractivity contribution in [2.24, 2.45) is 0 Å². The number of hydrogen-bond acceptors (Lipinski definition) is 3. The van der Waals surface area contributed by atoms with Gasteiger partial charge in [0.15, 0.2) is 5.78 Å². The number of amides is 1. The molecule has 0 bridgehead atoms. The molecule has 0 unspecified atom stereocenters. The van der Waals surface area contributed by atoms with Crippen LogP contribution in [-0.4, -0.2) is 16.7 Å². The van der Waals surface area contributed by atoms with Crippen LogP contribution in [0.25, 0.3) is 0 Å². The van der Waals surface area contributed by atoms with Gasteiger partial charge in [0.1, 0.15) is 11.5 Å². The summed E-state index contributed by atoms with van der Waals surface area (Å²) in [5.41, 5.74) is -1.37. The highest BCUT2D eigenvalue weighted by molar-refractivity contribution is 5.96. The zero-order valence-corrected chi connectivity index (χ0v) is 9.05. The molecule has 0 atom stereocenters. The lowest BCUT2D eigenvalue weighted by Gasteiger charge is -2.10. The number of nitrogens with zero attached hydrogens (tertiary/aromatic N) is 1. The summed E-state index contributed by atoms with van der Waals surface area (Å²) >= 11 is 0. The van der Waals surface area contributed by atoms with Crippen LogP contribution in [-0.2, 0) is 11.0 Å². The van der Waals surface area contributed by atoms with Gasteiger partial charge in [-0.2, -0.15) is 13.2 Å². The van der Waals surface area contributed by atoms with Crippen LogP contribution in [0.5, 0.6) is 0 Å². The Labute approximate surface area is 94.8 Å². The lowest BCUT2D eigenvalue weighted by atomic mass is 10.1. The summed E-state index contributed by atoms with van der Waals surface area (Å²) in [7, 11) is 0. The lowest BCUT2D eigenvalue weighted by Crippen LogP contribution is -2.14. The van der Waals surface area contributed by atoms with Crippen LogP contribution in [0.2, 0.25) is 0 Å². The van der Waals surface area contributed by atoms with Gasteiger partial charge >= 0.3 is 6.18 Å². The molecule has 92 valence electrons. The summed E-state index contributed by atoms with van der Waals surface area (Å²) in [5.74, 6) is -1.40. The largest absolute Gasteiger partial charge is 0.433 e. The molecule has 4 nitrogen and oxygen atoms in total. The fraction of sp³-hybridized carbons (Fsp3) is 0.300. The number of anilines is 1. The van der Waals surface area contributed by atoms with Crippen molar-refractivity contribution in [1.82, 2.24) is 4.98 Å². The van der Waals surface area contributed by atoms with E-state index in [9.17, 15) is 22.8 Å². The number of carbonyl (C=O) groups excluding carboxylic acids is 2.